The molecule has 1 aliphatic heterocycles. The second-order valence-electron chi connectivity index (χ2n) is 7.62. The molecule has 0 atom stereocenters. The first-order valence-corrected chi connectivity index (χ1v) is 11.3. The summed E-state index contributed by atoms with van der Waals surface area (Å²) in [6, 6.07) is 18.3. The first-order valence-electron chi connectivity index (χ1n) is 10.4. The Labute approximate surface area is 185 Å². The van der Waals surface area contributed by atoms with Crippen molar-refractivity contribution in [2.75, 3.05) is 38.2 Å². The van der Waals surface area contributed by atoms with Gasteiger partial charge in [0.05, 0.1) is 19.2 Å². The van der Waals surface area contributed by atoms with E-state index in [-0.39, 0.29) is 5.91 Å². The summed E-state index contributed by atoms with van der Waals surface area (Å²) in [5.74, 6) is 0.975. The maximum absolute atomic E-state index is 13.0. The molecule has 6 nitrogen and oxygen atoms in total. The number of rotatable bonds is 5. The second kappa shape index (κ2) is 8.43. The molecule has 3 heterocycles. The fraction of sp³-hybridized carbons (Fsp3) is 0.250. The first-order chi connectivity index (χ1) is 15.2. The quantitative estimate of drug-likeness (QED) is 0.479. The van der Waals surface area contributed by atoms with E-state index in [1.807, 2.05) is 51.2 Å². The number of aromatic nitrogens is 2. The van der Waals surface area contributed by atoms with E-state index in [0.29, 0.717) is 6.42 Å². The summed E-state index contributed by atoms with van der Waals surface area (Å²) in [7, 11) is 1.66. The van der Waals surface area contributed by atoms with Gasteiger partial charge in [-0.2, -0.15) is 0 Å². The van der Waals surface area contributed by atoms with Gasteiger partial charge in [-0.3, -0.25) is 9.20 Å². The highest BCUT2D eigenvalue weighted by Crippen LogP contribution is 2.27. The minimum atomic E-state index is 0.170. The van der Waals surface area contributed by atoms with Crippen molar-refractivity contribution in [3.63, 3.8) is 0 Å². The van der Waals surface area contributed by atoms with Gasteiger partial charge in [0.25, 0.3) is 0 Å². The van der Waals surface area contributed by atoms with Gasteiger partial charge >= 0.3 is 0 Å². The fourth-order valence-electron chi connectivity index (χ4n) is 4.00. The smallest absolute Gasteiger partial charge is 0.228 e. The van der Waals surface area contributed by atoms with E-state index >= 15 is 0 Å². The van der Waals surface area contributed by atoms with E-state index < -0.39 is 0 Å². The molecule has 158 valence electrons. The van der Waals surface area contributed by atoms with Gasteiger partial charge in [0, 0.05) is 54.7 Å². The number of carbonyl (C=O) groups is 1. The SMILES string of the molecule is COc1cccc(-c2cn3c(CC(=O)N4CCN(c5ccccc5)CC4)csc3n2)c1. The van der Waals surface area contributed by atoms with E-state index in [4.69, 9.17) is 9.72 Å². The Morgan fingerprint density at radius 2 is 1.87 bits per heavy atom. The summed E-state index contributed by atoms with van der Waals surface area (Å²) in [6.45, 7) is 3.22. The fourth-order valence-corrected chi connectivity index (χ4v) is 4.87. The maximum atomic E-state index is 13.0. The predicted molar refractivity (Wildman–Crippen MR) is 124 cm³/mol. The van der Waals surface area contributed by atoms with Crippen molar-refractivity contribution in [2.24, 2.45) is 0 Å². The van der Waals surface area contributed by atoms with Crippen LogP contribution in [0.1, 0.15) is 5.69 Å². The van der Waals surface area contributed by atoms with Crippen LogP contribution in [0.3, 0.4) is 0 Å². The zero-order valence-corrected chi connectivity index (χ0v) is 18.2. The van der Waals surface area contributed by atoms with Gasteiger partial charge in [-0.05, 0) is 24.3 Å². The first kappa shape index (κ1) is 19.6. The van der Waals surface area contributed by atoms with Crippen LogP contribution >= 0.6 is 11.3 Å². The molecule has 0 spiro atoms. The average Bonchev–Trinajstić information content (AvgIpc) is 3.42. The number of benzene rings is 2. The summed E-state index contributed by atoms with van der Waals surface area (Å²) < 4.78 is 7.36. The number of hydrogen-bond acceptors (Lipinski definition) is 5. The number of imidazole rings is 1. The Hall–Kier alpha value is -3.32. The van der Waals surface area contributed by atoms with Crippen LogP contribution < -0.4 is 9.64 Å². The maximum Gasteiger partial charge on any atom is 0.228 e. The number of anilines is 1. The van der Waals surface area contributed by atoms with E-state index in [9.17, 15) is 4.79 Å². The molecule has 0 N–H and O–H groups in total. The van der Waals surface area contributed by atoms with Gasteiger partial charge < -0.3 is 14.5 Å². The minimum Gasteiger partial charge on any atom is -0.497 e. The summed E-state index contributed by atoms with van der Waals surface area (Å²) in [5, 5.41) is 2.04. The van der Waals surface area contributed by atoms with Gasteiger partial charge in [-0.15, -0.1) is 11.3 Å². The second-order valence-corrected chi connectivity index (χ2v) is 8.45. The van der Waals surface area contributed by atoms with Gasteiger partial charge in [0.15, 0.2) is 4.96 Å². The molecular formula is C24H24N4O2S. The number of ether oxygens (including phenoxy) is 1. The Balaban J connectivity index is 1.27. The molecule has 7 heteroatoms. The summed E-state index contributed by atoms with van der Waals surface area (Å²) >= 11 is 1.57. The monoisotopic (exact) mass is 432 g/mol. The Bertz CT molecular complexity index is 1190. The largest absolute Gasteiger partial charge is 0.497 e. The van der Waals surface area contributed by atoms with E-state index in [2.05, 4.69) is 29.2 Å². The molecular weight excluding hydrogens is 408 g/mol. The van der Waals surface area contributed by atoms with Crippen LogP contribution in [0.15, 0.2) is 66.2 Å². The van der Waals surface area contributed by atoms with E-state index in [0.717, 1.165) is 53.8 Å². The van der Waals surface area contributed by atoms with Crippen LogP contribution in [0.4, 0.5) is 5.69 Å². The number of carbonyl (C=O) groups excluding carboxylic acids is 1. The molecule has 2 aromatic carbocycles. The molecule has 0 bridgehead atoms. The molecule has 0 aliphatic carbocycles. The van der Waals surface area contributed by atoms with E-state index in [1.54, 1.807) is 18.4 Å². The lowest BCUT2D eigenvalue weighted by atomic mass is 10.1. The highest BCUT2D eigenvalue weighted by atomic mass is 32.1. The molecule has 2 aromatic heterocycles. The summed E-state index contributed by atoms with van der Waals surface area (Å²) in [5.41, 5.74) is 4.09. The van der Waals surface area contributed by atoms with E-state index in [1.165, 1.54) is 5.69 Å². The number of thiazole rings is 1. The van der Waals surface area contributed by atoms with Crippen LogP contribution in [-0.2, 0) is 11.2 Å². The lowest BCUT2D eigenvalue weighted by molar-refractivity contribution is -0.130. The highest BCUT2D eigenvalue weighted by molar-refractivity contribution is 7.15. The molecule has 1 fully saturated rings. The van der Waals surface area contributed by atoms with Crippen LogP contribution in [0.2, 0.25) is 0 Å². The highest BCUT2D eigenvalue weighted by Gasteiger charge is 2.22. The molecule has 1 amide bonds. The zero-order chi connectivity index (χ0) is 21.2. The van der Waals surface area contributed by atoms with Crippen molar-refractivity contribution in [2.45, 2.75) is 6.42 Å². The molecule has 31 heavy (non-hydrogen) atoms. The van der Waals surface area contributed by atoms with Crippen molar-refractivity contribution >= 4 is 27.9 Å². The van der Waals surface area contributed by atoms with Crippen molar-refractivity contribution in [3.8, 4) is 17.0 Å². The number of hydrogen-bond donors (Lipinski definition) is 0. The van der Waals surface area contributed by atoms with Crippen LogP contribution in [0.25, 0.3) is 16.2 Å². The molecule has 0 saturated carbocycles. The van der Waals surface area contributed by atoms with Crippen molar-refractivity contribution in [1.29, 1.82) is 0 Å². The number of fused-ring (bicyclic) bond motifs is 1. The molecule has 5 rings (SSSR count). The van der Waals surface area contributed by atoms with Gasteiger partial charge in [0.1, 0.15) is 5.75 Å². The number of amides is 1. The third-order valence-electron chi connectivity index (χ3n) is 5.73. The third-order valence-corrected chi connectivity index (χ3v) is 6.62. The van der Waals surface area contributed by atoms with Crippen molar-refractivity contribution < 1.29 is 9.53 Å². The van der Waals surface area contributed by atoms with Crippen molar-refractivity contribution in [1.82, 2.24) is 14.3 Å². The van der Waals surface area contributed by atoms with Gasteiger partial charge in [0.2, 0.25) is 5.91 Å². The number of para-hydroxylation sites is 1. The van der Waals surface area contributed by atoms with Crippen LogP contribution in [0, 0.1) is 0 Å². The van der Waals surface area contributed by atoms with Crippen LogP contribution in [0.5, 0.6) is 5.75 Å². The molecule has 1 aliphatic rings. The normalized spacial score (nSPS) is 14.2. The molecule has 4 aromatic rings. The average molecular weight is 433 g/mol. The van der Waals surface area contributed by atoms with Gasteiger partial charge in [-0.25, -0.2) is 4.98 Å². The van der Waals surface area contributed by atoms with Gasteiger partial charge in [-0.1, -0.05) is 30.3 Å². The van der Waals surface area contributed by atoms with Crippen molar-refractivity contribution in [3.05, 3.63) is 71.9 Å². The molecule has 0 unspecified atom stereocenters. The van der Waals surface area contributed by atoms with Crippen LogP contribution in [-0.4, -0.2) is 53.5 Å². The Morgan fingerprint density at radius 3 is 2.65 bits per heavy atom. The molecule has 0 radical (unpaired) electrons. The zero-order valence-electron chi connectivity index (χ0n) is 17.4. The summed E-state index contributed by atoms with van der Waals surface area (Å²) in [4.78, 5) is 22.9. The third kappa shape index (κ3) is 4.01. The summed E-state index contributed by atoms with van der Waals surface area (Å²) in [6.07, 6.45) is 2.40. The Morgan fingerprint density at radius 1 is 1.06 bits per heavy atom. The predicted octanol–water partition coefficient (Wildman–Crippen LogP) is 3.96. The lowest BCUT2D eigenvalue weighted by Gasteiger charge is -2.36. The topological polar surface area (TPSA) is 50.1 Å². The lowest BCUT2D eigenvalue weighted by Crippen LogP contribution is -2.49. The minimum absolute atomic E-state index is 0.170. The number of nitrogens with zero attached hydrogens (tertiary/aromatic N) is 4. The number of piperazine rings is 1. The standard InChI is InChI=1S/C24H24N4O2S/c1-30-21-9-5-6-18(14-21)22-16-28-20(17-31-24(28)25-22)15-23(29)27-12-10-26(11-13-27)19-7-3-2-4-8-19/h2-9,14,16-17H,10-13,15H2,1H3. The molecule has 1 saturated heterocycles. The Kier molecular flexibility index (Phi) is 5.34. The number of methoxy groups -OCH3 is 1.